The second kappa shape index (κ2) is 6.82. The second-order valence-corrected chi connectivity index (χ2v) is 8.04. The first kappa shape index (κ1) is 15.7. The maximum absolute atomic E-state index is 3.80. The number of thioether (sulfide) groups is 1. The van der Waals surface area contributed by atoms with Crippen molar-refractivity contribution in [1.82, 2.24) is 10.2 Å². The lowest BCUT2D eigenvalue weighted by atomic mass is 9.91. The predicted molar refractivity (Wildman–Crippen MR) is 87.0 cm³/mol. The number of nitrogens with zero attached hydrogens (tertiary/aromatic N) is 1. The average Bonchev–Trinajstić information content (AvgIpc) is 2.87. The molecule has 1 saturated carbocycles. The van der Waals surface area contributed by atoms with Crippen LogP contribution in [0.3, 0.4) is 0 Å². The fourth-order valence-corrected chi connectivity index (χ4v) is 5.04. The highest BCUT2D eigenvalue weighted by Gasteiger charge is 2.41. The van der Waals surface area contributed by atoms with Gasteiger partial charge in [-0.25, -0.2) is 0 Å². The van der Waals surface area contributed by atoms with Crippen LogP contribution in [0.1, 0.15) is 59.8 Å². The van der Waals surface area contributed by atoms with Crippen LogP contribution in [0.4, 0.5) is 0 Å². The summed E-state index contributed by atoms with van der Waals surface area (Å²) in [4.78, 5) is 2.88. The average molecular weight is 285 g/mol. The van der Waals surface area contributed by atoms with Crippen molar-refractivity contribution in [2.45, 2.75) is 82.7 Å². The molecule has 1 saturated heterocycles. The van der Waals surface area contributed by atoms with Gasteiger partial charge in [-0.15, -0.1) is 0 Å². The Bertz CT molecular complexity index is 284. The van der Waals surface area contributed by atoms with Gasteiger partial charge in [-0.3, -0.25) is 4.90 Å². The Morgan fingerprint density at radius 2 is 2.05 bits per heavy atom. The summed E-state index contributed by atoms with van der Waals surface area (Å²) in [6, 6.07) is 1.59. The zero-order chi connectivity index (χ0) is 13.9. The lowest BCUT2D eigenvalue weighted by Crippen LogP contribution is -2.65. The van der Waals surface area contributed by atoms with E-state index in [1.165, 1.54) is 50.9 Å². The van der Waals surface area contributed by atoms with Gasteiger partial charge in [0.05, 0.1) is 0 Å². The Labute approximate surface area is 124 Å². The van der Waals surface area contributed by atoms with Gasteiger partial charge in [0.25, 0.3) is 0 Å². The van der Waals surface area contributed by atoms with Crippen LogP contribution in [0.15, 0.2) is 0 Å². The van der Waals surface area contributed by atoms with Crippen LogP contribution in [0.5, 0.6) is 0 Å². The fourth-order valence-electron chi connectivity index (χ4n) is 3.77. The van der Waals surface area contributed by atoms with Gasteiger partial charge in [0.1, 0.15) is 0 Å². The van der Waals surface area contributed by atoms with Gasteiger partial charge in [-0.2, -0.15) is 11.8 Å². The minimum atomic E-state index is 0.329. The maximum atomic E-state index is 3.80. The molecule has 1 heterocycles. The lowest BCUT2D eigenvalue weighted by molar-refractivity contribution is 0.0475. The molecule has 0 spiro atoms. The second-order valence-electron chi connectivity index (χ2n) is 6.52. The molecule has 0 aromatic heterocycles. The summed E-state index contributed by atoms with van der Waals surface area (Å²) in [5.41, 5.74) is 0.329. The van der Waals surface area contributed by atoms with E-state index in [4.69, 9.17) is 0 Å². The summed E-state index contributed by atoms with van der Waals surface area (Å²) < 4.78 is 0. The van der Waals surface area contributed by atoms with E-state index in [2.05, 4.69) is 49.7 Å². The molecule has 0 radical (unpaired) electrons. The van der Waals surface area contributed by atoms with Gasteiger partial charge in [0.15, 0.2) is 0 Å². The molecule has 19 heavy (non-hydrogen) atoms. The van der Waals surface area contributed by atoms with Crippen molar-refractivity contribution >= 4 is 11.8 Å². The van der Waals surface area contributed by atoms with E-state index in [1.807, 2.05) is 0 Å². The maximum Gasteiger partial charge on any atom is 0.0278 e. The zero-order valence-corrected chi connectivity index (χ0v) is 14.1. The standard InChI is InChI=1S/C16H32N2S/c1-5-13-11-17-16(4,6-2)12-18(13)14-9-8-10-15(14)19-7-3/h13-15,17H,5-12H2,1-4H3. The Kier molecular flexibility index (Phi) is 5.62. The zero-order valence-electron chi connectivity index (χ0n) is 13.2. The highest BCUT2D eigenvalue weighted by atomic mass is 32.2. The molecular weight excluding hydrogens is 252 g/mol. The summed E-state index contributed by atoms with van der Waals surface area (Å²) >= 11 is 2.20. The van der Waals surface area contributed by atoms with Crippen molar-refractivity contribution in [1.29, 1.82) is 0 Å². The van der Waals surface area contributed by atoms with Crippen molar-refractivity contribution in [2.24, 2.45) is 0 Å². The van der Waals surface area contributed by atoms with Gasteiger partial charge in [-0.05, 0) is 38.4 Å². The van der Waals surface area contributed by atoms with Gasteiger partial charge in [0.2, 0.25) is 0 Å². The molecule has 2 aliphatic rings. The Morgan fingerprint density at radius 1 is 1.26 bits per heavy atom. The molecule has 0 amide bonds. The summed E-state index contributed by atoms with van der Waals surface area (Å²) in [6.45, 7) is 11.8. The normalized spacial score (nSPS) is 40.7. The minimum absolute atomic E-state index is 0.329. The third-order valence-electron chi connectivity index (χ3n) is 5.24. The minimum Gasteiger partial charge on any atom is -0.309 e. The van der Waals surface area contributed by atoms with Crippen LogP contribution in [0.25, 0.3) is 0 Å². The number of nitrogens with one attached hydrogen (secondary N) is 1. The quantitative estimate of drug-likeness (QED) is 0.831. The van der Waals surface area contributed by atoms with Gasteiger partial charge < -0.3 is 5.32 Å². The predicted octanol–water partition coefficient (Wildman–Crippen LogP) is 3.51. The van der Waals surface area contributed by atoms with Crippen molar-refractivity contribution < 1.29 is 0 Å². The van der Waals surface area contributed by atoms with Crippen molar-refractivity contribution in [3.63, 3.8) is 0 Å². The Balaban J connectivity index is 2.09. The first-order chi connectivity index (χ1) is 9.13. The van der Waals surface area contributed by atoms with E-state index in [1.54, 1.807) is 0 Å². The molecule has 2 nitrogen and oxygen atoms in total. The largest absolute Gasteiger partial charge is 0.309 e. The van der Waals surface area contributed by atoms with Gasteiger partial charge >= 0.3 is 0 Å². The molecule has 0 aromatic rings. The molecule has 2 fully saturated rings. The van der Waals surface area contributed by atoms with Crippen molar-refractivity contribution in [3.05, 3.63) is 0 Å². The van der Waals surface area contributed by atoms with Crippen molar-refractivity contribution in [2.75, 3.05) is 18.8 Å². The number of rotatable bonds is 5. The number of piperazine rings is 1. The molecular formula is C16H32N2S. The molecule has 2 rings (SSSR count). The summed E-state index contributed by atoms with van der Waals surface area (Å²) in [5.74, 6) is 1.27. The lowest BCUT2D eigenvalue weighted by Gasteiger charge is -2.49. The first-order valence-electron chi connectivity index (χ1n) is 8.26. The van der Waals surface area contributed by atoms with Gasteiger partial charge in [-0.1, -0.05) is 27.2 Å². The van der Waals surface area contributed by atoms with Crippen LogP contribution in [-0.2, 0) is 0 Å². The van der Waals surface area contributed by atoms with E-state index in [9.17, 15) is 0 Å². The molecule has 3 heteroatoms. The van der Waals surface area contributed by atoms with Crippen LogP contribution < -0.4 is 5.32 Å². The highest BCUT2D eigenvalue weighted by molar-refractivity contribution is 7.99. The molecule has 0 aromatic carbocycles. The highest BCUT2D eigenvalue weighted by Crippen LogP contribution is 2.36. The topological polar surface area (TPSA) is 15.3 Å². The molecule has 1 N–H and O–H groups in total. The number of hydrogen-bond acceptors (Lipinski definition) is 3. The van der Waals surface area contributed by atoms with Crippen LogP contribution in [-0.4, -0.2) is 46.6 Å². The van der Waals surface area contributed by atoms with E-state index in [-0.39, 0.29) is 0 Å². The Morgan fingerprint density at radius 3 is 2.68 bits per heavy atom. The van der Waals surface area contributed by atoms with E-state index >= 15 is 0 Å². The number of hydrogen-bond donors (Lipinski definition) is 1. The van der Waals surface area contributed by atoms with Gasteiger partial charge in [0, 0.05) is 36.0 Å². The molecule has 0 bridgehead atoms. The summed E-state index contributed by atoms with van der Waals surface area (Å²) in [7, 11) is 0. The molecule has 112 valence electrons. The first-order valence-corrected chi connectivity index (χ1v) is 9.30. The molecule has 4 atom stereocenters. The summed E-state index contributed by atoms with van der Waals surface area (Å²) in [6.07, 6.45) is 6.82. The van der Waals surface area contributed by atoms with E-state index in [0.29, 0.717) is 5.54 Å². The van der Waals surface area contributed by atoms with Crippen LogP contribution >= 0.6 is 11.8 Å². The fraction of sp³-hybridized carbons (Fsp3) is 1.00. The van der Waals surface area contributed by atoms with E-state index in [0.717, 1.165) is 17.3 Å². The van der Waals surface area contributed by atoms with Crippen LogP contribution in [0.2, 0.25) is 0 Å². The third kappa shape index (κ3) is 3.48. The monoisotopic (exact) mass is 284 g/mol. The summed E-state index contributed by atoms with van der Waals surface area (Å²) in [5, 5.41) is 4.69. The molecule has 1 aliphatic heterocycles. The Hall–Kier alpha value is 0.270. The smallest absolute Gasteiger partial charge is 0.0278 e. The SMILES string of the molecule is CCSC1CCCC1N1CC(C)(CC)NCC1CC. The third-order valence-corrected chi connectivity index (χ3v) is 6.55. The van der Waals surface area contributed by atoms with Crippen molar-refractivity contribution in [3.8, 4) is 0 Å². The molecule has 4 unspecified atom stereocenters. The van der Waals surface area contributed by atoms with Crippen LogP contribution in [0, 0.1) is 0 Å². The van der Waals surface area contributed by atoms with E-state index < -0.39 is 0 Å². The molecule has 1 aliphatic carbocycles.